The van der Waals surface area contributed by atoms with E-state index in [-0.39, 0.29) is 48.9 Å². The Labute approximate surface area is 167 Å². The minimum atomic E-state index is -0.325. The Morgan fingerprint density at radius 1 is 1.07 bits per heavy atom. The van der Waals surface area contributed by atoms with Crippen LogP contribution in [0.2, 0.25) is 0 Å². The van der Waals surface area contributed by atoms with Gasteiger partial charge in [0.2, 0.25) is 17.7 Å². The fourth-order valence-electron chi connectivity index (χ4n) is 3.84. The number of para-hydroxylation sites is 1. The summed E-state index contributed by atoms with van der Waals surface area (Å²) in [6, 6.07) is 9.29. The maximum absolute atomic E-state index is 12.7. The number of amides is 4. The molecule has 1 aromatic carbocycles. The van der Waals surface area contributed by atoms with Gasteiger partial charge in [0.1, 0.15) is 12.1 Å². The number of hydrogen-bond acceptors (Lipinski definition) is 5. The number of likely N-dealkylation sites (tertiary alicyclic amines) is 2. The highest BCUT2D eigenvalue weighted by molar-refractivity contribution is 6.04. The summed E-state index contributed by atoms with van der Waals surface area (Å²) in [4.78, 5) is 50.7. The van der Waals surface area contributed by atoms with Crippen LogP contribution in [0.5, 0.6) is 0 Å². The molecule has 2 aromatic rings. The van der Waals surface area contributed by atoms with Crippen LogP contribution >= 0.6 is 0 Å². The van der Waals surface area contributed by atoms with Gasteiger partial charge >= 0.3 is 0 Å². The number of imide groups is 1. The lowest BCUT2D eigenvalue weighted by molar-refractivity contribution is -0.142. The first-order chi connectivity index (χ1) is 14.0. The molecule has 152 valence electrons. The molecule has 0 radical (unpaired) electrons. The predicted molar refractivity (Wildman–Crippen MR) is 104 cm³/mol. The molecule has 2 saturated heterocycles. The molecule has 4 amide bonds. The predicted octanol–water partition coefficient (Wildman–Crippen LogP) is 1.55. The zero-order valence-electron chi connectivity index (χ0n) is 16.1. The standard InChI is InChI=1S/C21H23N3O5/c25-18(13-24-19(26)5-6-20(24)27)22-12-14-7-9-23(10-8-14)21(28)17-11-15-3-1-2-4-16(15)29-17/h1-4,11,14H,5-10,12-13H2,(H,22,25). The van der Waals surface area contributed by atoms with E-state index >= 15 is 0 Å². The van der Waals surface area contributed by atoms with Crippen molar-refractivity contribution in [1.82, 2.24) is 15.1 Å². The summed E-state index contributed by atoms with van der Waals surface area (Å²) < 4.78 is 5.66. The van der Waals surface area contributed by atoms with Gasteiger partial charge in [-0.3, -0.25) is 24.1 Å². The summed E-state index contributed by atoms with van der Waals surface area (Å²) in [7, 11) is 0. The van der Waals surface area contributed by atoms with Crippen LogP contribution in [-0.2, 0) is 14.4 Å². The zero-order valence-corrected chi connectivity index (χ0v) is 16.1. The summed E-state index contributed by atoms with van der Waals surface area (Å²) in [5, 5.41) is 3.71. The number of fused-ring (bicyclic) bond motifs is 1. The first-order valence-electron chi connectivity index (χ1n) is 9.89. The van der Waals surface area contributed by atoms with Gasteiger partial charge in [-0.25, -0.2) is 0 Å². The van der Waals surface area contributed by atoms with Crippen LogP contribution < -0.4 is 5.32 Å². The lowest BCUT2D eigenvalue weighted by Gasteiger charge is -2.31. The van der Waals surface area contributed by atoms with E-state index in [4.69, 9.17) is 4.42 Å². The Balaban J connectivity index is 1.24. The smallest absolute Gasteiger partial charge is 0.289 e. The molecule has 0 spiro atoms. The van der Waals surface area contributed by atoms with Crippen LogP contribution in [0, 0.1) is 5.92 Å². The van der Waals surface area contributed by atoms with Gasteiger partial charge in [-0.2, -0.15) is 0 Å². The Morgan fingerprint density at radius 3 is 2.45 bits per heavy atom. The van der Waals surface area contributed by atoms with E-state index in [1.165, 1.54) is 0 Å². The maximum Gasteiger partial charge on any atom is 0.289 e. The van der Waals surface area contributed by atoms with Gasteiger partial charge in [0.05, 0.1) is 0 Å². The van der Waals surface area contributed by atoms with Gasteiger partial charge in [-0.1, -0.05) is 18.2 Å². The number of nitrogens with one attached hydrogen (secondary N) is 1. The quantitative estimate of drug-likeness (QED) is 0.772. The third-order valence-electron chi connectivity index (χ3n) is 5.58. The second kappa shape index (κ2) is 8.06. The second-order valence-corrected chi connectivity index (χ2v) is 7.56. The number of carbonyl (C=O) groups is 4. The van der Waals surface area contributed by atoms with Crippen molar-refractivity contribution in [2.75, 3.05) is 26.2 Å². The summed E-state index contributed by atoms with van der Waals surface area (Å²) in [5.74, 6) is -0.421. The lowest BCUT2D eigenvalue weighted by atomic mass is 9.96. The van der Waals surface area contributed by atoms with Gasteiger partial charge in [0, 0.05) is 37.9 Å². The largest absolute Gasteiger partial charge is 0.451 e. The van der Waals surface area contributed by atoms with Gasteiger partial charge in [-0.05, 0) is 30.9 Å². The number of hydrogen-bond donors (Lipinski definition) is 1. The van der Waals surface area contributed by atoms with Gasteiger partial charge in [0.15, 0.2) is 5.76 Å². The van der Waals surface area contributed by atoms with Gasteiger partial charge in [-0.15, -0.1) is 0 Å². The third kappa shape index (κ3) is 4.16. The molecule has 2 aliphatic heterocycles. The molecular weight excluding hydrogens is 374 g/mol. The van der Waals surface area contributed by atoms with Gasteiger partial charge < -0.3 is 14.6 Å². The molecule has 0 bridgehead atoms. The molecule has 29 heavy (non-hydrogen) atoms. The summed E-state index contributed by atoms with van der Waals surface area (Å²) in [6.07, 6.45) is 1.91. The summed E-state index contributed by atoms with van der Waals surface area (Å²) in [6.45, 7) is 1.46. The molecule has 2 aliphatic rings. The average molecular weight is 397 g/mol. The van der Waals surface area contributed by atoms with E-state index in [0.29, 0.717) is 31.0 Å². The number of nitrogens with zero attached hydrogens (tertiary/aromatic N) is 2. The van der Waals surface area contributed by atoms with E-state index in [1.807, 2.05) is 24.3 Å². The second-order valence-electron chi connectivity index (χ2n) is 7.56. The minimum absolute atomic E-state index is 0.116. The van der Waals surface area contributed by atoms with Crippen molar-refractivity contribution in [3.8, 4) is 0 Å². The fourth-order valence-corrected chi connectivity index (χ4v) is 3.84. The molecular formula is C21H23N3O5. The van der Waals surface area contributed by atoms with E-state index in [1.54, 1.807) is 11.0 Å². The van der Waals surface area contributed by atoms with Gasteiger partial charge in [0.25, 0.3) is 5.91 Å². The fraction of sp³-hybridized carbons (Fsp3) is 0.429. The highest BCUT2D eigenvalue weighted by Crippen LogP contribution is 2.23. The van der Waals surface area contributed by atoms with Crippen molar-refractivity contribution in [2.45, 2.75) is 25.7 Å². The van der Waals surface area contributed by atoms with Crippen molar-refractivity contribution >= 4 is 34.6 Å². The molecule has 4 rings (SSSR count). The Kier molecular flexibility index (Phi) is 5.33. The molecule has 8 heteroatoms. The van der Waals surface area contributed by atoms with Crippen LogP contribution in [0.3, 0.4) is 0 Å². The Bertz CT molecular complexity index is 909. The number of rotatable bonds is 5. The SMILES string of the molecule is O=C(CN1C(=O)CCC1=O)NCC1CCN(C(=O)c2cc3ccccc3o2)CC1. The van der Waals surface area contributed by atoms with Crippen LogP contribution in [0.25, 0.3) is 11.0 Å². The monoisotopic (exact) mass is 397 g/mol. The van der Waals surface area contributed by atoms with Crippen LogP contribution in [-0.4, -0.2) is 59.6 Å². The first kappa shape index (κ1) is 19.2. The van der Waals surface area contributed by atoms with E-state index in [2.05, 4.69) is 5.32 Å². The topological polar surface area (TPSA) is 99.9 Å². The molecule has 1 aromatic heterocycles. The summed E-state index contributed by atoms with van der Waals surface area (Å²) in [5.41, 5.74) is 0.698. The number of carbonyl (C=O) groups excluding carboxylic acids is 4. The molecule has 0 aliphatic carbocycles. The molecule has 8 nitrogen and oxygen atoms in total. The van der Waals surface area contributed by atoms with Crippen molar-refractivity contribution in [2.24, 2.45) is 5.92 Å². The Hall–Kier alpha value is -3.16. The first-order valence-corrected chi connectivity index (χ1v) is 9.89. The van der Waals surface area contributed by atoms with Crippen LogP contribution in [0.4, 0.5) is 0 Å². The summed E-state index contributed by atoms with van der Waals surface area (Å²) >= 11 is 0. The van der Waals surface area contributed by atoms with Crippen LogP contribution in [0.15, 0.2) is 34.7 Å². The zero-order chi connectivity index (χ0) is 20.4. The van der Waals surface area contributed by atoms with Crippen LogP contribution in [0.1, 0.15) is 36.2 Å². The van der Waals surface area contributed by atoms with E-state index < -0.39 is 0 Å². The molecule has 0 atom stereocenters. The average Bonchev–Trinajstić information content (AvgIpc) is 3.30. The lowest BCUT2D eigenvalue weighted by Crippen LogP contribution is -2.44. The van der Waals surface area contributed by atoms with Crippen molar-refractivity contribution in [3.05, 3.63) is 36.1 Å². The molecule has 1 N–H and O–H groups in total. The normalized spacial score (nSPS) is 17.9. The molecule has 0 saturated carbocycles. The third-order valence-corrected chi connectivity index (χ3v) is 5.58. The maximum atomic E-state index is 12.7. The number of furan rings is 1. The van der Waals surface area contributed by atoms with E-state index in [0.717, 1.165) is 23.1 Å². The van der Waals surface area contributed by atoms with Crippen molar-refractivity contribution in [1.29, 1.82) is 0 Å². The van der Waals surface area contributed by atoms with E-state index in [9.17, 15) is 19.2 Å². The Morgan fingerprint density at radius 2 is 1.76 bits per heavy atom. The van der Waals surface area contributed by atoms with Crippen molar-refractivity contribution in [3.63, 3.8) is 0 Å². The number of piperidine rings is 1. The minimum Gasteiger partial charge on any atom is -0.451 e. The molecule has 3 heterocycles. The molecule has 2 fully saturated rings. The molecule has 0 unspecified atom stereocenters. The van der Waals surface area contributed by atoms with Crippen molar-refractivity contribution < 1.29 is 23.6 Å². The number of benzene rings is 1. The highest BCUT2D eigenvalue weighted by atomic mass is 16.3. The highest BCUT2D eigenvalue weighted by Gasteiger charge is 2.31.